The van der Waals surface area contributed by atoms with Crippen LogP contribution in [0.25, 0.3) is 0 Å². The number of amides is 1. The summed E-state index contributed by atoms with van der Waals surface area (Å²) in [6, 6.07) is 9.35. The van der Waals surface area contributed by atoms with Crippen LogP contribution >= 0.6 is 0 Å². The quantitative estimate of drug-likeness (QED) is 0.813. The fraction of sp³-hybridized carbons (Fsp3) is 0.200. The third-order valence-electron chi connectivity index (χ3n) is 2.74. The Morgan fingerprint density at radius 2 is 2.25 bits per heavy atom. The molecule has 0 fully saturated rings. The first kappa shape index (κ1) is 13.9. The van der Waals surface area contributed by atoms with Crippen LogP contribution in [0.4, 0.5) is 5.69 Å². The van der Waals surface area contributed by atoms with Crippen LogP contribution < -0.4 is 15.8 Å². The smallest absolute Gasteiger partial charge is 0.253 e. The van der Waals surface area contributed by atoms with E-state index in [0.29, 0.717) is 24.4 Å². The molecule has 1 amide bonds. The molecule has 0 aliphatic rings. The largest absolute Gasteiger partial charge is 0.492 e. The number of nitrogen functional groups attached to an aromatic ring is 1. The highest BCUT2D eigenvalue weighted by Crippen LogP contribution is 2.12. The normalized spacial score (nSPS) is 10.1. The van der Waals surface area contributed by atoms with Gasteiger partial charge in [0.25, 0.3) is 5.91 Å². The van der Waals surface area contributed by atoms with Crippen LogP contribution in [0.15, 0.2) is 42.7 Å². The number of hydrogen-bond acceptors (Lipinski definition) is 4. The number of ether oxygens (including phenoxy) is 1. The van der Waals surface area contributed by atoms with Crippen molar-refractivity contribution < 1.29 is 9.53 Å². The summed E-state index contributed by atoms with van der Waals surface area (Å²) in [5, 5.41) is 2.75. The lowest BCUT2D eigenvalue weighted by Crippen LogP contribution is -2.28. The first-order valence-electron chi connectivity index (χ1n) is 6.34. The molecule has 0 radical (unpaired) electrons. The van der Waals surface area contributed by atoms with Crippen molar-refractivity contribution >= 4 is 11.6 Å². The number of benzene rings is 1. The summed E-state index contributed by atoms with van der Waals surface area (Å²) in [5.74, 6) is 0.570. The van der Waals surface area contributed by atoms with Crippen molar-refractivity contribution in [2.75, 3.05) is 18.9 Å². The number of anilines is 1. The Bertz CT molecular complexity index is 599. The minimum absolute atomic E-state index is 0.224. The molecule has 3 N–H and O–H groups in total. The fourth-order valence-electron chi connectivity index (χ4n) is 1.75. The number of aromatic nitrogens is 1. The number of hydrogen-bond donors (Lipinski definition) is 2. The SMILES string of the molecule is Cc1cccc(OCCNC(=O)c2ccncc2N)c1. The van der Waals surface area contributed by atoms with Gasteiger partial charge in [-0.25, -0.2) is 0 Å². The van der Waals surface area contributed by atoms with E-state index in [9.17, 15) is 4.79 Å². The van der Waals surface area contributed by atoms with E-state index in [0.717, 1.165) is 11.3 Å². The van der Waals surface area contributed by atoms with Crippen LogP contribution in [0.2, 0.25) is 0 Å². The Morgan fingerprint density at radius 1 is 1.40 bits per heavy atom. The predicted octanol–water partition coefficient (Wildman–Crippen LogP) is 1.78. The molecule has 0 aliphatic carbocycles. The molecule has 104 valence electrons. The summed E-state index contributed by atoms with van der Waals surface area (Å²) in [5.41, 5.74) is 7.61. The van der Waals surface area contributed by atoms with Crippen LogP contribution in [0, 0.1) is 6.92 Å². The molecular weight excluding hydrogens is 254 g/mol. The summed E-state index contributed by atoms with van der Waals surface area (Å²) in [4.78, 5) is 15.7. The van der Waals surface area contributed by atoms with Crippen LogP contribution in [0.1, 0.15) is 15.9 Å². The zero-order valence-corrected chi connectivity index (χ0v) is 11.3. The maximum absolute atomic E-state index is 11.9. The second-order valence-corrected chi connectivity index (χ2v) is 4.38. The molecule has 0 unspecified atom stereocenters. The molecule has 0 saturated carbocycles. The number of aryl methyl sites for hydroxylation is 1. The van der Waals surface area contributed by atoms with Gasteiger partial charge in [-0.1, -0.05) is 12.1 Å². The fourth-order valence-corrected chi connectivity index (χ4v) is 1.75. The number of nitrogens with two attached hydrogens (primary N) is 1. The van der Waals surface area contributed by atoms with Gasteiger partial charge in [-0.2, -0.15) is 0 Å². The number of pyridine rings is 1. The van der Waals surface area contributed by atoms with Gasteiger partial charge in [-0.3, -0.25) is 9.78 Å². The molecule has 1 heterocycles. The second-order valence-electron chi connectivity index (χ2n) is 4.38. The van der Waals surface area contributed by atoms with Crippen molar-refractivity contribution in [3.8, 4) is 5.75 Å². The number of nitrogens with zero attached hydrogens (tertiary/aromatic N) is 1. The van der Waals surface area contributed by atoms with E-state index in [1.54, 1.807) is 6.07 Å². The Morgan fingerprint density at radius 3 is 3.00 bits per heavy atom. The standard InChI is InChI=1S/C15H17N3O2/c1-11-3-2-4-12(9-11)20-8-7-18-15(19)13-5-6-17-10-14(13)16/h2-6,9-10H,7-8,16H2,1H3,(H,18,19). The minimum atomic E-state index is -0.224. The molecule has 5 nitrogen and oxygen atoms in total. The number of rotatable bonds is 5. The lowest BCUT2D eigenvalue weighted by atomic mass is 10.2. The molecule has 2 aromatic rings. The van der Waals surface area contributed by atoms with Gasteiger partial charge in [0.1, 0.15) is 12.4 Å². The lowest BCUT2D eigenvalue weighted by molar-refractivity contribution is 0.0948. The molecule has 1 aromatic carbocycles. The molecule has 0 saturated heterocycles. The Labute approximate surface area is 117 Å². The van der Waals surface area contributed by atoms with E-state index in [-0.39, 0.29) is 5.91 Å². The van der Waals surface area contributed by atoms with Gasteiger partial charge in [0.2, 0.25) is 0 Å². The molecular formula is C15H17N3O2. The van der Waals surface area contributed by atoms with Crippen molar-refractivity contribution in [2.24, 2.45) is 0 Å². The van der Waals surface area contributed by atoms with Gasteiger partial charge in [-0.15, -0.1) is 0 Å². The van der Waals surface area contributed by atoms with Gasteiger partial charge in [0, 0.05) is 6.20 Å². The molecule has 2 rings (SSSR count). The Kier molecular flexibility index (Phi) is 4.55. The van der Waals surface area contributed by atoms with Crippen molar-refractivity contribution in [3.05, 3.63) is 53.9 Å². The maximum atomic E-state index is 11.9. The van der Waals surface area contributed by atoms with E-state index in [2.05, 4.69) is 10.3 Å². The van der Waals surface area contributed by atoms with Crippen LogP contribution in [0.3, 0.4) is 0 Å². The molecule has 5 heteroatoms. The molecule has 0 spiro atoms. The number of carbonyl (C=O) groups excluding carboxylic acids is 1. The summed E-state index contributed by atoms with van der Waals surface area (Å²) >= 11 is 0. The third kappa shape index (κ3) is 3.71. The van der Waals surface area contributed by atoms with Crippen molar-refractivity contribution in [1.29, 1.82) is 0 Å². The van der Waals surface area contributed by atoms with Gasteiger partial charge in [-0.05, 0) is 30.7 Å². The Balaban J connectivity index is 1.79. The summed E-state index contributed by atoms with van der Waals surface area (Å²) in [6.07, 6.45) is 2.99. The summed E-state index contributed by atoms with van der Waals surface area (Å²) in [6.45, 7) is 2.82. The van der Waals surface area contributed by atoms with Gasteiger partial charge in [0.05, 0.1) is 24.0 Å². The topological polar surface area (TPSA) is 77.2 Å². The molecule has 20 heavy (non-hydrogen) atoms. The van der Waals surface area contributed by atoms with E-state index in [4.69, 9.17) is 10.5 Å². The molecule has 0 aliphatic heterocycles. The van der Waals surface area contributed by atoms with Gasteiger partial charge < -0.3 is 15.8 Å². The Hall–Kier alpha value is -2.56. The lowest BCUT2D eigenvalue weighted by Gasteiger charge is -2.09. The first-order chi connectivity index (χ1) is 9.66. The first-order valence-corrected chi connectivity index (χ1v) is 6.34. The monoisotopic (exact) mass is 271 g/mol. The molecule has 0 bridgehead atoms. The van der Waals surface area contributed by atoms with E-state index in [1.807, 2.05) is 31.2 Å². The average molecular weight is 271 g/mol. The van der Waals surface area contributed by atoms with E-state index in [1.165, 1.54) is 12.4 Å². The number of nitrogens with one attached hydrogen (secondary N) is 1. The van der Waals surface area contributed by atoms with Crippen molar-refractivity contribution in [1.82, 2.24) is 10.3 Å². The zero-order chi connectivity index (χ0) is 14.4. The van der Waals surface area contributed by atoms with Crippen LogP contribution in [-0.2, 0) is 0 Å². The predicted molar refractivity (Wildman–Crippen MR) is 77.7 cm³/mol. The van der Waals surface area contributed by atoms with E-state index < -0.39 is 0 Å². The highest BCUT2D eigenvalue weighted by molar-refractivity contribution is 5.98. The van der Waals surface area contributed by atoms with Gasteiger partial charge in [0.15, 0.2) is 0 Å². The summed E-state index contributed by atoms with van der Waals surface area (Å²) < 4.78 is 5.55. The van der Waals surface area contributed by atoms with Crippen molar-refractivity contribution in [3.63, 3.8) is 0 Å². The minimum Gasteiger partial charge on any atom is -0.492 e. The highest BCUT2D eigenvalue weighted by atomic mass is 16.5. The molecule has 0 atom stereocenters. The highest BCUT2D eigenvalue weighted by Gasteiger charge is 2.08. The van der Waals surface area contributed by atoms with Crippen LogP contribution in [-0.4, -0.2) is 24.0 Å². The number of carbonyl (C=O) groups is 1. The van der Waals surface area contributed by atoms with Crippen molar-refractivity contribution in [2.45, 2.75) is 6.92 Å². The zero-order valence-electron chi connectivity index (χ0n) is 11.3. The van der Waals surface area contributed by atoms with Crippen LogP contribution in [0.5, 0.6) is 5.75 Å². The molecule has 1 aromatic heterocycles. The van der Waals surface area contributed by atoms with Gasteiger partial charge >= 0.3 is 0 Å². The van der Waals surface area contributed by atoms with E-state index >= 15 is 0 Å². The second kappa shape index (κ2) is 6.56. The third-order valence-corrected chi connectivity index (χ3v) is 2.74. The maximum Gasteiger partial charge on any atom is 0.253 e. The average Bonchev–Trinajstić information content (AvgIpc) is 2.44. The summed E-state index contributed by atoms with van der Waals surface area (Å²) in [7, 11) is 0.